The Morgan fingerprint density at radius 2 is 1.27 bits per heavy atom. The molecular formula is C25H26O. The summed E-state index contributed by atoms with van der Waals surface area (Å²) in [6.45, 7) is 5.05. The first kappa shape index (κ1) is 18.2. The summed E-state index contributed by atoms with van der Waals surface area (Å²) in [4.78, 5) is 0. The van der Waals surface area contributed by atoms with E-state index < -0.39 is 0 Å². The van der Waals surface area contributed by atoms with Crippen LogP contribution in [0.4, 0.5) is 0 Å². The minimum atomic E-state index is 0.479. The second-order valence-electron chi connectivity index (χ2n) is 6.54. The summed E-state index contributed by atoms with van der Waals surface area (Å²) < 4.78 is 5.56. The average Bonchev–Trinajstić information content (AvgIpc) is 3.23. The molecule has 0 N–H and O–H groups in total. The van der Waals surface area contributed by atoms with Crippen LogP contribution < -0.4 is 0 Å². The van der Waals surface area contributed by atoms with Gasteiger partial charge in [0.05, 0.1) is 6.10 Å². The van der Waals surface area contributed by atoms with Crippen molar-refractivity contribution in [1.82, 2.24) is 0 Å². The van der Waals surface area contributed by atoms with Gasteiger partial charge in [0.2, 0.25) is 0 Å². The lowest BCUT2D eigenvalue weighted by molar-refractivity contribution is 0.111. The zero-order chi connectivity index (χ0) is 18.0. The summed E-state index contributed by atoms with van der Waals surface area (Å²) in [5.41, 5.74) is 4.83. The molecule has 0 saturated carbocycles. The molecule has 0 spiro atoms. The predicted octanol–water partition coefficient (Wildman–Crippen LogP) is 6.16. The maximum absolute atomic E-state index is 5.56. The quantitative estimate of drug-likeness (QED) is 0.552. The van der Waals surface area contributed by atoms with E-state index in [2.05, 4.69) is 61.2 Å². The second-order valence-corrected chi connectivity index (χ2v) is 6.54. The molecule has 4 rings (SSSR count). The summed E-state index contributed by atoms with van der Waals surface area (Å²) in [6.07, 6.45) is 4.03. The average molecular weight is 342 g/mol. The van der Waals surface area contributed by atoms with Crippen molar-refractivity contribution in [2.75, 3.05) is 6.61 Å². The van der Waals surface area contributed by atoms with Gasteiger partial charge < -0.3 is 4.74 Å². The van der Waals surface area contributed by atoms with Crippen LogP contribution in [0.1, 0.15) is 29.5 Å². The Kier molecular flexibility index (Phi) is 6.80. The van der Waals surface area contributed by atoms with E-state index in [0.717, 1.165) is 18.6 Å². The third-order valence-electron chi connectivity index (χ3n) is 4.57. The fraction of sp³-hybridized carbons (Fsp3) is 0.200. The van der Waals surface area contributed by atoms with E-state index in [1.54, 1.807) is 0 Å². The van der Waals surface area contributed by atoms with Crippen molar-refractivity contribution in [3.05, 3.63) is 114 Å². The van der Waals surface area contributed by atoms with Crippen molar-refractivity contribution in [2.24, 2.45) is 0 Å². The summed E-state index contributed by atoms with van der Waals surface area (Å²) in [7, 11) is 0. The normalized spacial score (nSPS) is 15.8. The maximum Gasteiger partial charge on any atom is 0.0616 e. The fourth-order valence-electron chi connectivity index (χ4n) is 3.13. The van der Waals surface area contributed by atoms with Crippen LogP contribution in [0.15, 0.2) is 97.6 Å². The van der Waals surface area contributed by atoms with Crippen LogP contribution in [0.2, 0.25) is 0 Å². The Labute approximate surface area is 157 Å². The molecule has 1 unspecified atom stereocenters. The fourth-order valence-corrected chi connectivity index (χ4v) is 3.13. The molecule has 3 aromatic carbocycles. The Balaban J connectivity index is 0.000000152. The minimum absolute atomic E-state index is 0.479. The number of hydrogen-bond acceptors (Lipinski definition) is 1. The largest absolute Gasteiger partial charge is 0.378 e. The predicted molar refractivity (Wildman–Crippen MR) is 110 cm³/mol. The lowest BCUT2D eigenvalue weighted by atomic mass is 10.0. The van der Waals surface area contributed by atoms with Crippen LogP contribution in [0, 0.1) is 0 Å². The van der Waals surface area contributed by atoms with Gasteiger partial charge in [0, 0.05) is 6.61 Å². The van der Waals surface area contributed by atoms with E-state index in [9.17, 15) is 0 Å². The van der Waals surface area contributed by atoms with Crippen molar-refractivity contribution in [1.29, 1.82) is 0 Å². The van der Waals surface area contributed by atoms with Crippen LogP contribution in [-0.4, -0.2) is 12.7 Å². The van der Waals surface area contributed by atoms with Crippen molar-refractivity contribution in [2.45, 2.75) is 25.4 Å². The van der Waals surface area contributed by atoms with E-state index in [0.29, 0.717) is 6.10 Å². The highest BCUT2D eigenvalue weighted by atomic mass is 16.5. The molecule has 3 aromatic rings. The summed E-state index contributed by atoms with van der Waals surface area (Å²) in [6, 6.07) is 31.0. The Morgan fingerprint density at radius 1 is 0.769 bits per heavy atom. The van der Waals surface area contributed by atoms with Gasteiger partial charge in [-0.15, -0.1) is 0 Å². The number of benzene rings is 3. The molecule has 1 fully saturated rings. The van der Waals surface area contributed by atoms with Crippen molar-refractivity contribution in [3.63, 3.8) is 0 Å². The Hall–Kier alpha value is -2.64. The van der Waals surface area contributed by atoms with Gasteiger partial charge in [-0.3, -0.25) is 0 Å². The summed E-state index contributed by atoms with van der Waals surface area (Å²) in [5, 5.41) is 0. The maximum atomic E-state index is 5.56. The molecule has 1 nitrogen and oxygen atoms in total. The van der Waals surface area contributed by atoms with E-state index in [4.69, 9.17) is 4.74 Å². The van der Waals surface area contributed by atoms with Crippen LogP contribution >= 0.6 is 0 Å². The van der Waals surface area contributed by atoms with E-state index in [-0.39, 0.29) is 0 Å². The molecule has 1 aliphatic rings. The van der Waals surface area contributed by atoms with Gasteiger partial charge in [-0.1, -0.05) is 97.6 Å². The topological polar surface area (TPSA) is 9.23 Å². The molecule has 0 aliphatic carbocycles. The lowest BCUT2D eigenvalue weighted by Crippen LogP contribution is -2.08. The Morgan fingerprint density at radius 3 is 1.73 bits per heavy atom. The lowest BCUT2D eigenvalue weighted by Gasteiger charge is -2.08. The van der Waals surface area contributed by atoms with Crippen molar-refractivity contribution >= 4 is 5.57 Å². The SMILES string of the molecule is C=C(c1ccccc1)c1ccccc1.c1ccc(CC2CCCO2)cc1. The van der Waals surface area contributed by atoms with Gasteiger partial charge in [0.25, 0.3) is 0 Å². The molecule has 0 amide bonds. The van der Waals surface area contributed by atoms with Gasteiger partial charge in [-0.05, 0) is 41.5 Å². The molecule has 0 aromatic heterocycles. The van der Waals surface area contributed by atoms with Crippen LogP contribution in [-0.2, 0) is 11.2 Å². The highest BCUT2D eigenvalue weighted by Gasteiger charge is 2.15. The smallest absolute Gasteiger partial charge is 0.0616 e. The van der Waals surface area contributed by atoms with Crippen molar-refractivity contribution < 1.29 is 4.74 Å². The van der Waals surface area contributed by atoms with Gasteiger partial charge in [0.15, 0.2) is 0 Å². The van der Waals surface area contributed by atoms with E-state index in [1.165, 1.54) is 29.5 Å². The second kappa shape index (κ2) is 9.74. The first-order valence-electron chi connectivity index (χ1n) is 9.28. The molecular weight excluding hydrogens is 316 g/mol. The van der Waals surface area contributed by atoms with E-state index in [1.807, 2.05) is 36.4 Å². The van der Waals surface area contributed by atoms with Crippen LogP contribution in [0.3, 0.4) is 0 Å². The van der Waals surface area contributed by atoms with Gasteiger partial charge in [-0.2, -0.15) is 0 Å². The highest BCUT2D eigenvalue weighted by molar-refractivity contribution is 5.77. The molecule has 0 bridgehead atoms. The van der Waals surface area contributed by atoms with Crippen LogP contribution in [0.5, 0.6) is 0 Å². The highest BCUT2D eigenvalue weighted by Crippen LogP contribution is 2.20. The molecule has 1 aliphatic heterocycles. The first-order chi connectivity index (χ1) is 12.8. The third-order valence-corrected chi connectivity index (χ3v) is 4.57. The molecule has 0 radical (unpaired) electrons. The Bertz CT molecular complexity index is 731. The molecule has 1 saturated heterocycles. The summed E-state index contributed by atoms with van der Waals surface area (Å²) in [5.74, 6) is 0. The number of rotatable bonds is 4. The number of ether oxygens (including phenoxy) is 1. The summed E-state index contributed by atoms with van der Waals surface area (Å²) >= 11 is 0. The molecule has 1 heteroatoms. The molecule has 132 valence electrons. The zero-order valence-electron chi connectivity index (χ0n) is 15.2. The minimum Gasteiger partial charge on any atom is -0.378 e. The molecule has 1 heterocycles. The third kappa shape index (κ3) is 5.44. The molecule has 26 heavy (non-hydrogen) atoms. The van der Waals surface area contributed by atoms with Gasteiger partial charge in [-0.25, -0.2) is 0 Å². The first-order valence-corrected chi connectivity index (χ1v) is 9.28. The van der Waals surface area contributed by atoms with Gasteiger partial charge >= 0.3 is 0 Å². The van der Waals surface area contributed by atoms with Crippen LogP contribution in [0.25, 0.3) is 5.57 Å². The zero-order valence-corrected chi connectivity index (χ0v) is 15.2. The van der Waals surface area contributed by atoms with Crippen molar-refractivity contribution in [3.8, 4) is 0 Å². The monoisotopic (exact) mass is 342 g/mol. The van der Waals surface area contributed by atoms with E-state index >= 15 is 0 Å². The molecule has 1 atom stereocenters. The standard InChI is InChI=1S/C14H12.C11H14O/c1-12(13-8-4-2-5-9-13)14-10-6-3-7-11-14;1-2-5-10(6-3-1)9-11-7-4-8-12-11/h2-11H,1H2;1-3,5-6,11H,4,7-9H2. The number of hydrogen-bond donors (Lipinski definition) is 0. The van der Waals surface area contributed by atoms with Gasteiger partial charge in [0.1, 0.15) is 0 Å².